The number of likely N-dealkylation sites (N-methyl/N-ethyl adjacent to an activating group) is 1. The van der Waals surface area contributed by atoms with Crippen molar-refractivity contribution in [3.05, 3.63) is 28.2 Å². The zero-order chi connectivity index (χ0) is 14.8. The van der Waals surface area contributed by atoms with Gasteiger partial charge in [0.2, 0.25) is 5.91 Å². The van der Waals surface area contributed by atoms with Crippen LogP contribution in [-0.4, -0.2) is 18.5 Å². The smallest absolute Gasteiger partial charge is 0.324 e. The molecule has 106 valence electrons. The molecule has 0 unspecified atom stereocenters. The van der Waals surface area contributed by atoms with Crippen molar-refractivity contribution >= 4 is 27.5 Å². The monoisotopic (exact) mass is 338 g/mol. The quantitative estimate of drug-likeness (QED) is 0.886. The van der Waals surface area contributed by atoms with Gasteiger partial charge in [0.05, 0.1) is 16.8 Å². The van der Waals surface area contributed by atoms with Gasteiger partial charge in [-0.2, -0.15) is 13.2 Å². The molecule has 0 aromatic heterocycles. The average Bonchev–Trinajstić information content (AvgIpc) is 2.30. The zero-order valence-corrected chi connectivity index (χ0v) is 12.2. The highest BCUT2D eigenvalue weighted by molar-refractivity contribution is 9.10. The van der Waals surface area contributed by atoms with Gasteiger partial charge in [-0.05, 0) is 39.1 Å². The van der Waals surface area contributed by atoms with Crippen LogP contribution in [0.5, 0.6) is 0 Å². The zero-order valence-electron chi connectivity index (χ0n) is 10.7. The van der Waals surface area contributed by atoms with Crippen molar-refractivity contribution in [3.8, 4) is 0 Å². The summed E-state index contributed by atoms with van der Waals surface area (Å²) in [5.41, 5.74) is -2.11. The van der Waals surface area contributed by atoms with Crippen LogP contribution in [0.1, 0.15) is 19.4 Å². The Kier molecular flexibility index (Phi) is 4.63. The summed E-state index contributed by atoms with van der Waals surface area (Å²) in [6, 6.07) is 3.59. The molecule has 0 atom stereocenters. The fraction of sp³-hybridized carbons (Fsp3) is 0.417. The number of anilines is 1. The number of nitrogens with one attached hydrogen (secondary N) is 2. The minimum Gasteiger partial charge on any atom is -0.324 e. The van der Waals surface area contributed by atoms with Crippen molar-refractivity contribution in [2.75, 3.05) is 12.4 Å². The minimum absolute atomic E-state index is 0.260. The molecule has 3 nitrogen and oxygen atoms in total. The number of carbonyl (C=O) groups is 1. The Bertz CT molecular complexity index is 486. The summed E-state index contributed by atoms with van der Waals surface area (Å²) in [5, 5.41) is 5.02. The van der Waals surface area contributed by atoms with Gasteiger partial charge in [-0.1, -0.05) is 15.9 Å². The van der Waals surface area contributed by atoms with Crippen LogP contribution in [0.2, 0.25) is 0 Å². The van der Waals surface area contributed by atoms with Crippen LogP contribution < -0.4 is 10.6 Å². The summed E-state index contributed by atoms with van der Waals surface area (Å²) in [4.78, 5) is 11.9. The second kappa shape index (κ2) is 5.50. The number of carbonyl (C=O) groups excluding carboxylic acids is 1. The Hall–Kier alpha value is -1.08. The Morgan fingerprint density at radius 1 is 1.26 bits per heavy atom. The lowest BCUT2D eigenvalue weighted by Crippen LogP contribution is -2.48. The van der Waals surface area contributed by atoms with Crippen molar-refractivity contribution in [2.24, 2.45) is 0 Å². The third kappa shape index (κ3) is 3.94. The number of halogens is 4. The molecule has 0 radical (unpaired) electrons. The topological polar surface area (TPSA) is 41.1 Å². The van der Waals surface area contributed by atoms with Gasteiger partial charge in [-0.15, -0.1) is 0 Å². The number of hydrogen-bond acceptors (Lipinski definition) is 2. The molecule has 1 amide bonds. The molecule has 0 aliphatic carbocycles. The van der Waals surface area contributed by atoms with E-state index in [2.05, 4.69) is 26.6 Å². The number of hydrogen-bond donors (Lipinski definition) is 2. The molecular weight excluding hydrogens is 325 g/mol. The minimum atomic E-state index is -4.53. The fourth-order valence-electron chi connectivity index (χ4n) is 1.25. The predicted octanol–water partition coefficient (Wildman–Crippen LogP) is 3.40. The Morgan fingerprint density at radius 3 is 2.32 bits per heavy atom. The van der Waals surface area contributed by atoms with E-state index in [1.54, 1.807) is 20.9 Å². The number of alkyl halides is 3. The number of rotatable bonds is 3. The summed E-state index contributed by atoms with van der Waals surface area (Å²) in [6.45, 7) is 3.16. The maximum Gasteiger partial charge on any atom is 0.418 e. The van der Waals surface area contributed by atoms with Gasteiger partial charge in [0.15, 0.2) is 0 Å². The van der Waals surface area contributed by atoms with Crippen LogP contribution in [0.25, 0.3) is 0 Å². The van der Waals surface area contributed by atoms with Gasteiger partial charge in [0, 0.05) is 4.47 Å². The first-order valence-corrected chi connectivity index (χ1v) is 6.24. The first-order chi connectivity index (χ1) is 8.58. The van der Waals surface area contributed by atoms with Gasteiger partial charge >= 0.3 is 6.18 Å². The third-order valence-corrected chi connectivity index (χ3v) is 3.22. The predicted molar refractivity (Wildman–Crippen MR) is 70.9 cm³/mol. The van der Waals surface area contributed by atoms with Crippen molar-refractivity contribution in [3.63, 3.8) is 0 Å². The van der Waals surface area contributed by atoms with Gasteiger partial charge in [0.1, 0.15) is 0 Å². The molecule has 2 N–H and O–H groups in total. The molecule has 7 heteroatoms. The highest BCUT2D eigenvalue weighted by Gasteiger charge is 2.35. The van der Waals surface area contributed by atoms with E-state index in [4.69, 9.17) is 0 Å². The molecule has 1 aromatic carbocycles. The Morgan fingerprint density at radius 2 is 1.84 bits per heavy atom. The van der Waals surface area contributed by atoms with Crippen LogP contribution in [0.4, 0.5) is 18.9 Å². The molecule has 0 aliphatic rings. The van der Waals surface area contributed by atoms with E-state index < -0.39 is 23.2 Å². The van der Waals surface area contributed by atoms with Gasteiger partial charge in [-0.25, -0.2) is 0 Å². The summed E-state index contributed by atoms with van der Waals surface area (Å²) in [7, 11) is 1.56. The fourth-order valence-corrected chi connectivity index (χ4v) is 1.61. The SMILES string of the molecule is CNC(C)(C)C(=O)Nc1ccc(Br)cc1C(F)(F)F. The molecule has 0 fully saturated rings. The third-order valence-electron chi connectivity index (χ3n) is 2.73. The average molecular weight is 339 g/mol. The van der Waals surface area contributed by atoms with Gasteiger partial charge in [0.25, 0.3) is 0 Å². The van der Waals surface area contributed by atoms with Crippen molar-refractivity contribution in [1.29, 1.82) is 0 Å². The number of amides is 1. The van der Waals surface area contributed by atoms with Crippen LogP contribution >= 0.6 is 15.9 Å². The normalized spacial score (nSPS) is 12.4. The molecule has 0 spiro atoms. The Balaban J connectivity index is 3.12. The number of benzene rings is 1. The van der Waals surface area contributed by atoms with E-state index in [0.717, 1.165) is 6.07 Å². The second-order valence-electron chi connectivity index (χ2n) is 4.52. The van der Waals surface area contributed by atoms with Crippen LogP contribution in [0.3, 0.4) is 0 Å². The standard InChI is InChI=1S/C12H14BrF3N2O/c1-11(2,17-3)10(19)18-9-5-4-7(13)6-8(9)12(14,15)16/h4-6,17H,1-3H3,(H,18,19). The largest absolute Gasteiger partial charge is 0.418 e. The first kappa shape index (κ1) is 16.0. The summed E-state index contributed by atoms with van der Waals surface area (Å²) in [6.07, 6.45) is -4.53. The van der Waals surface area contributed by atoms with E-state index >= 15 is 0 Å². The highest BCUT2D eigenvalue weighted by atomic mass is 79.9. The van der Waals surface area contributed by atoms with Crippen molar-refractivity contribution in [1.82, 2.24) is 5.32 Å². The summed E-state index contributed by atoms with van der Waals surface area (Å²) >= 11 is 2.98. The van der Waals surface area contributed by atoms with E-state index in [1.165, 1.54) is 12.1 Å². The highest BCUT2D eigenvalue weighted by Crippen LogP contribution is 2.36. The van der Waals surface area contributed by atoms with E-state index in [-0.39, 0.29) is 5.69 Å². The van der Waals surface area contributed by atoms with Gasteiger partial charge in [-0.3, -0.25) is 4.79 Å². The molecule has 0 saturated carbocycles. The maximum atomic E-state index is 12.9. The van der Waals surface area contributed by atoms with Crippen LogP contribution in [0.15, 0.2) is 22.7 Å². The summed E-state index contributed by atoms with van der Waals surface area (Å²) in [5.74, 6) is -0.539. The maximum absolute atomic E-state index is 12.9. The molecule has 0 aliphatic heterocycles. The van der Waals surface area contributed by atoms with Crippen molar-refractivity contribution < 1.29 is 18.0 Å². The lowest BCUT2D eigenvalue weighted by Gasteiger charge is -2.24. The molecule has 0 heterocycles. The van der Waals surface area contributed by atoms with E-state index in [0.29, 0.717) is 4.47 Å². The second-order valence-corrected chi connectivity index (χ2v) is 5.43. The molecule has 1 rings (SSSR count). The molecule has 19 heavy (non-hydrogen) atoms. The van der Waals surface area contributed by atoms with E-state index in [1.807, 2.05) is 0 Å². The lowest BCUT2D eigenvalue weighted by atomic mass is 10.0. The van der Waals surface area contributed by atoms with E-state index in [9.17, 15) is 18.0 Å². The molecular formula is C12H14BrF3N2O. The van der Waals surface area contributed by atoms with Crippen molar-refractivity contribution in [2.45, 2.75) is 25.6 Å². The molecule has 0 saturated heterocycles. The lowest BCUT2D eigenvalue weighted by molar-refractivity contribution is -0.137. The summed E-state index contributed by atoms with van der Waals surface area (Å²) < 4.78 is 38.9. The first-order valence-electron chi connectivity index (χ1n) is 5.45. The molecule has 1 aromatic rings. The van der Waals surface area contributed by atoms with Crippen LogP contribution in [0, 0.1) is 0 Å². The van der Waals surface area contributed by atoms with Crippen LogP contribution in [-0.2, 0) is 11.0 Å². The van der Waals surface area contributed by atoms with Gasteiger partial charge < -0.3 is 10.6 Å². The molecule has 0 bridgehead atoms. The Labute approximate surface area is 117 Å².